The fourth-order valence-electron chi connectivity index (χ4n) is 5.08. The van der Waals surface area contributed by atoms with E-state index in [2.05, 4.69) is 20.9 Å². The number of carbonyl (C=O) groups excluding carboxylic acids is 1. The molecule has 1 aromatic carbocycles. The Morgan fingerprint density at radius 1 is 1.23 bits per heavy atom. The molecule has 2 bridgehead atoms. The summed E-state index contributed by atoms with van der Waals surface area (Å²) in [7, 11) is 2.03. The lowest BCUT2D eigenvalue weighted by Crippen LogP contribution is -2.46. The van der Waals surface area contributed by atoms with E-state index in [9.17, 15) is 9.59 Å². The molecule has 2 aliphatic rings. The van der Waals surface area contributed by atoms with E-state index >= 15 is 0 Å². The number of anilines is 1. The zero-order chi connectivity index (χ0) is 21.5. The SMILES string of the molecule is CCOC(=O)Nc1ccc2c(c1)nc(CN1C[C@H]3C[C@H](C1)c1cccc(=O)n1C3)n2C. The van der Waals surface area contributed by atoms with Crippen molar-refractivity contribution in [2.24, 2.45) is 13.0 Å². The number of piperidine rings is 1. The lowest BCUT2D eigenvalue weighted by molar-refractivity contribution is 0.111. The maximum Gasteiger partial charge on any atom is 0.411 e. The van der Waals surface area contributed by atoms with E-state index in [0.29, 0.717) is 24.1 Å². The predicted octanol–water partition coefficient (Wildman–Crippen LogP) is 2.92. The second kappa shape index (κ2) is 7.85. The van der Waals surface area contributed by atoms with Gasteiger partial charge in [0.15, 0.2) is 0 Å². The second-order valence-electron chi connectivity index (χ2n) is 8.53. The largest absolute Gasteiger partial charge is 0.450 e. The number of benzene rings is 1. The van der Waals surface area contributed by atoms with E-state index in [1.807, 2.05) is 35.9 Å². The van der Waals surface area contributed by atoms with E-state index in [-0.39, 0.29) is 5.56 Å². The lowest BCUT2D eigenvalue weighted by atomic mass is 9.83. The van der Waals surface area contributed by atoms with E-state index < -0.39 is 6.09 Å². The second-order valence-corrected chi connectivity index (χ2v) is 8.53. The van der Waals surface area contributed by atoms with Crippen molar-refractivity contribution in [3.05, 3.63) is 58.3 Å². The fourth-order valence-corrected chi connectivity index (χ4v) is 5.08. The van der Waals surface area contributed by atoms with Crippen molar-refractivity contribution in [1.82, 2.24) is 19.0 Å². The summed E-state index contributed by atoms with van der Waals surface area (Å²) in [6.45, 7) is 5.57. The number of pyridine rings is 1. The van der Waals surface area contributed by atoms with Crippen LogP contribution in [0.25, 0.3) is 11.0 Å². The third-order valence-electron chi connectivity index (χ3n) is 6.42. The number of hydrogen-bond donors (Lipinski definition) is 1. The summed E-state index contributed by atoms with van der Waals surface area (Å²) in [4.78, 5) is 31.2. The number of carbonyl (C=O) groups is 1. The summed E-state index contributed by atoms with van der Waals surface area (Å²) in [5.41, 5.74) is 3.82. The van der Waals surface area contributed by atoms with Crippen LogP contribution in [0.2, 0.25) is 0 Å². The molecule has 4 heterocycles. The molecule has 1 amide bonds. The van der Waals surface area contributed by atoms with E-state index in [1.54, 1.807) is 13.0 Å². The first-order valence-electron chi connectivity index (χ1n) is 10.8. The molecule has 0 spiro atoms. The molecule has 2 aliphatic heterocycles. The standard InChI is InChI=1S/C23H27N5O3/c1-3-31-23(30)24-17-7-8-20-18(10-17)25-21(26(20)2)14-27-11-15-9-16(13-27)19-5-4-6-22(29)28(19)12-15/h4-8,10,15-16H,3,9,11-14H2,1-2H3,(H,24,30)/t15-,16-/m1/s1. The minimum atomic E-state index is -0.461. The molecule has 0 unspecified atom stereocenters. The number of amides is 1. The molecule has 0 radical (unpaired) electrons. The maximum atomic E-state index is 12.2. The Bertz CT molecular complexity index is 1200. The van der Waals surface area contributed by atoms with E-state index in [4.69, 9.17) is 9.72 Å². The zero-order valence-corrected chi connectivity index (χ0v) is 17.9. The molecule has 31 heavy (non-hydrogen) atoms. The third kappa shape index (κ3) is 3.72. The molecule has 1 fully saturated rings. The number of nitrogens with one attached hydrogen (secondary N) is 1. The average molecular weight is 422 g/mol. The van der Waals surface area contributed by atoms with Gasteiger partial charge in [0.2, 0.25) is 0 Å². The summed E-state index contributed by atoms with van der Waals surface area (Å²) in [5, 5.41) is 2.74. The molecule has 0 saturated carbocycles. The predicted molar refractivity (Wildman–Crippen MR) is 118 cm³/mol. The number of likely N-dealkylation sites (tertiary alicyclic amines) is 1. The van der Waals surface area contributed by atoms with Crippen LogP contribution in [0.5, 0.6) is 0 Å². The summed E-state index contributed by atoms with van der Waals surface area (Å²) >= 11 is 0. The number of ether oxygens (including phenoxy) is 1. The molecular formula is C23H27N5O3. The lowest BCUT2D eigenvalue weighted by Gasteiger charge is -2.42. The number of aromatic nitrogens is 3. The van der Waals surface area contributed by atoms with Gasteiger partial charge in [-0.1, -0.05) is 6.07 Å². The van der Waals surface area contributed by atoms with Crippen molar-refractivity contribution in [2.45, 2.75) is 32.4 Å². The summed E-state index contributed by atoms with van der Waals surface area (Å²) in [6.07, 6.45) is 0.683. The van der Waals surface area contributed by atoms with Crippen LogP contribution in [0.3, 0.4) is 0 Å². The highest BCUT2D eigenvalue weighted by Crippen LogP contribution is 2.35. The van der Waals surface area contributed by atoms with Gasteiger partial charge >= 0.3 is 6.09 Å². The highest BCUT2D eigenvalue weighted by atomic mass is 16.5. The summed E-state index contributed by atoms with van der Waals surface area (Å²) in [5.74, 6) is 1.87. The zero-order valence-electron chi connectivity index (χ0n) is 17.9. The Labute approximate surface area is 180 Å². The first kappa shape index (κ1) is 19.8. The monoisotopic (exact) mass is 421 g/mol. The minimum Gasteiger partial charge on any atom is -0.450 e. The molecule has 5 rings (SSSR count). The number of fused-ring (bicyclic) bond motifs is 5. The van der Waals surface area contributed by atoms with Gasteiger partial charge < -0.3 is 13.9 Å². The van der Waals surface area contributed by atoms with Crippen LogP contribution in [-0.4, -0.2) is 44.8 Å². The topological polar surface area (TPSA) is 81.4 Å². The molecule has 2 atom stereocenters. The third-order valence-corrected chi connectivity index (χ3v) is 6.42. The number of rotatable bonds is 4. The van der Waals surface area contributed by atoms with Crippen LogP contribution < -0.4 is 10.9 Å². The van der Waals surface area contributed by atoms with Crippen LogP contribution in [0.1, 0.15) is 30.8 Å². The fraction of sp³-hybridized carbons (Fsp3) is 0.435. The van der Waals surface area contributed by atoms with E-state index in [1.165, 1.54) is 0 Å². The molecule has 8 nitrogen and oxygen atoms in total. The minimum absolute atomic E-state index is 0.114. The Hall–Kier alpha value is -3.13. The first-order valence-corrected chi connectivity index (χ1v) is 10.8. The molecule has 0 aliphatic carbocycles. The molecule has 1 saturated heterocycles. The van der Waals surface area contributed by atoms with Gasteiger partial charge in [-0.15, -0.1) is 0 Å². The molecule has 2 aromatic heterocycles. The normalized spacial score (nSPS) is 20.5. The maximum absolute atomic E-state index is 12.2. The van der Waals surface area contributed by atoms with Crippen molar-refractivity contribution in [3.8, 4) is 0 Å². The van der Waals surface area contributed by atoms with Gasteiger partial charge in [0.05, 0.1) is 24.2 Å². The van der Waals surface area contributed by atoms with Crippen LogP contribution >= 0.6 is 0 Å². The number of nitrogens with zero attached hydrogens (tertiary/aromatic N) is 4. The van der Waals surface area contributed by atoms with Crippen LogP contribution in [0.4, 0.5) is 10.5 Å². The number of hydrogen-bond acceptors (Lipinski definition) is 5. The molecule has 162 valence electrons. The first-order chi connectivity index (χ1) is 15.0. The highest BCUT2D eigenvalue weighted by molar-refractivity contribution is 5.88. The van der Waals surface area contributed by atoms with Crippen molar-refractivity contribution in [3.63, 3.8) is 0 Å². The van der Waals surface area contributed by atoms with Gasteiger partial charge in [-0.05, 0) is 43.5 Å². The van der Waals surface area contributed by atoms with Gasteiger partial charge in [-0.25, -0.2) is 9.78 Å². The Kier molecular flexibility index (Phi) is 5.02. The van der Waals surface area contributed by atoms with E-state index in [0.717, 1.165) is 55.2 Å². The Morgan fingerprint density at radius 2 is 2.10 bits per heavy atom. The van der Waals surface area contributed by atoms with Crippen LogP contribution in [0.15, 0.2) is 41.2 Å². The molecule has 3 aromatic rings. The van der Waals surface area contributed by atoms with Gasteiger partial charge in [0.25, 0.3) is 5.56 Å². The van der Waals surface area contributed by atoms with Crippen molar-refractivity contribution >= 4 is 22.8 Å². The Balaban J connectivity index is 1.35. The molecule has 8 heteroatoms. The quantitative estimate of drug-likeness (QED) is 0.701. The van der Waals surface area contributed by atoms with Gasteiger partial charge in [0, 0.05) is 50.0 Å². The number of imidazole rings is 1. The highest BCUT2D eigenvalue weighted by Gasteiger charge is 2.34. The van der Waals surface area contributed by atoms with Gasteiger partial charge in [-0.2, -0.15) is 0 Å². The molecular weight excluding hydrogens is 394 g/mol. The number of aryl methyl sites for hydroxylation is 1. The Morgan fingerprint density at radius 3 is 2.94 bits per heavy atom. The summed E-state index contributed by atoms with van der Waals surface area (Å²) < 4.78 is 9.03. The van der Waals surface area contributed by atoms with Crippen LogP contribution in [-0.2, 0) is 24.9 Å². The smallest absolute Gasteiger partial charge is 0.411 e. The molecule has 1 N–H and O–H groups in total. The van der Waals surface area contributed by atoms with Gasteiger partial charge in [-0.3, -0.25) is 15.0 Å². The van der Waals surface area contributed by atoms with Gasteiger partial charge in [0.1, 0.15) is 5.82 Å². The van der Waals surface area contributed by atoms with Crippen molar-refractivity contribution < 1.29 is 9.53 Å². The average Bonchev–Trinajstić information content (AvgIpc) is 3.03. The van der Waals surface area contributed by atoms with Crippen molar-refractivity contribution in [1.29, 1.82) is 0 Å². The summed E-state index contributed by atoms with van der Waals surface area (Å²) in [6, 6.07) is 11.3. The van der Waals surface area contributed by atoms with Crippen molar-refractivity contribution in [2.75, 3.05) is 25.0 Å². The van der Waals surface area contributed by atoms with Crippen LogP contribution in [0, 0.1) is 5.92 Å².